The summed E-state index contributed by atoms with van der Waals surface area (Å²) in [4.78, 5) is 13.0. The fourth-order valence-corrected chi connectivity index (χ4v) is 8.32. The van der Waals surface area contributed by atoms with Crippen molar-refractivity contribution in [1.29, 1.82) is 0 Å². The highest BCUT2D eigenvalue weighted by Crippen LogP contribution is 2.23. The summed E-state index contributed by atoms with van der Waals surface area (Å²) in [5.41, 5.74) is 0. The van der Waals surface area contributed by atoms with Gasteiger partial charge < -0.3 is 40.3 Å². The number of carbonyl (C=O) groups is 1. The Bertz CT molecular complexity index is 1200. The van der Waals surface area contributed by atoms with Crippen LogP contribution in [0.5, 0.6) is 0 Å². The van der Waals surface area contributed by atoms with Gasteiger partial charge >= 0.3 is 0 Å². The normalized spacial score (nSPS) is 20.4. The molecule has 0 aromatic carbocycles. The first-order valence-corrected chi connectivity index (χ1v) is 27.0. The zero-order chi connectivity index (χ0) is 47.3. The summed E-state index contributed by atoms with van der Waals surface area (Å²) in [5, 5.41) is 54.4. The number of unbranched alkanes of at least 4 members (excludes halogenated alkanes) is 27. The van der Waals surface area contributed by atoms with Crippen molar-refractivity contribution in [3.8, 4) is 0 Å². The summed E-state index contributed by atoms with van der Waals surface area (Å²) in [5.74, 6) is -0.180. The van der Waals surface area contributed by atoms with E-state index in [1.807, 2.05) is 6.08 Å². The number of allylic oxidation sites excluding steroid dienone is 9. The summed E-state index contributed by atoms with van der Waals surface area (Å²) in [7, 11) is 0. The predicted molar refractivity (Wildman–Crippen MR) is 272 cm³/mol. The first-order chi connectivity index (χ1) is 31.8. The van der Waals surface area contributed by atoms with Crippen LogP contribution in [0.2, 0.25) is 0 Å². The lowest BCUT2D eigenvalue weighted by molar-refractivity contribution is -0.302. The van der Waals surface area contributed by atoms with Gasteiger partial charge in [-0.05, 0) is 57.8 Å². The molecule has 0 aliphatic carbocycles. The van der Waals surface area contributed by atoms with Crippen molar-refractivity contribution in [2.45, 2.75) is 275 Å². The van der Waals surface area contributed by atoms with E-state index >= 15 is 0 Å². The Labute approximate surface area is 398 Å². The van der Waals surface area contributed by atoms with Crippen LogP contribution in [-0.2, 0) is 14.3 Å². The summed E-state index contributed by atoms with van der Waals surface area (Å²) >= 11 is 0. The molecule has 0 aromatic heterocycles. The van der Waals surface area contributed by atoms with Gasteiger partial charge in [0.2, 0.25) is 5.91 Å². The van der Waals surface area contributed by atoms with Crippen LogP contribution in [0.25, 0.3) is 0 Å². The molecule has 7 atom stereocenters. The lowest BCUT2D eigenvalue weighted by atomic mass is 9.99. The minimum Gasteiger partial charge on any atom is -0.394 e. The fraction of sp³-hybridized carbons (Fsp3) is 0.804. The molecule has 378 valence electrons. The number of aliphatic hydroxyl groups is 5. The second-order valence-electron chi connectivity index (χ2n) is 18.6. The Balaban J connectivity index is 2.25. The lowest BCUT2D eigenvalue weighted by Gasteiger charge is -2.40. The summed E-state index contributed by atoms with van der Waals surface area (Å²) in [6.07, 6.45) is 54.1. The average molecular weight is 916 g/mol. The van der Waals surface area contributed by atoms with Crippen LogP contribution in [0, 0.1) is 0 Å². The van der Waals surface area contributed by atoms with Gasteiger partial charge in [-0.1, -0.05) is 229 Å². The molecule has 1 rings (SSSR count). The highest BCUT2D eigenvalue weighted by atomic mass is 16.7. The Hall–Kier alpha value is -2.11. The van der Waals surface area contributed by atoms with Crippen molar-refractivity contribution < 1.29 is 39.8 Å². The Morgan fingerprint density at radius 2 is 0.954 bits per heavy atom. The number of aliphatic hydroxyl groups excluding tert-OH is 5. The fourth-order valence-electron chi connectivity index (χ4n) is 8.32. The van der Waals surface area contributed by atoms with E-state index in [2.05, 4.69) is 67.8 Å². The molecule has 0 aromatic rings. The molecule has 1 aliphatic heterocycles. The maximum Gasteiger partial charge on any atom is 0.220 e. The molecule has 1 aliphatic rings. The van der Waals surface area contributed by atoms with Gasteiger partial charge in [-0.25, -0.2) is 0 Å². The van der Waals surface area contributed by atoms with Gasteiger partial charge in [0, 0.05) is 6.42 Å². The zero-order valence-corrected chi connectivity index (χ0v) is 41.7. The van der Waals surface area contributed by atoms with E-state index in [9.17, 15) is 30.3 Å². The average Bonchev–Trinajstić information content (AvgIpc) is 3.31. The molecule has 6 N–H and O–H groups in total. The SMILES string of the molecule is CC/C=C\C/C=C\C/C=C\C/C=C\CCCCCCCCCCCCCCC(=O)NC(COC1OC(CO)C(O)C(O)C1O)C(O)/C=C/CCCCCCCCCCCCCCCCC. The van der Waals surface area contributed by atoms with Crippen LogP contribution in [0.15, 0.2) is 60.8 Å². The van der Waals surface area contributed by atoms with E-state index in [0.717, 1.165) is 64.2 Å². The standard InChI is InChI=1S/C56H101NO8/c1-3-5-7-9-11-13-15-17-19-21-22-23-24-25-26-27-28-30-32-34-36-38-40-42-44-46-52(60)57-49(48-64-56-55(63)54(62)53(61)51(47-58)65-56)50(59)45-43-41-39-37-35-33-31-29-20-18-16-14-12-10-8-6-4-2/h5,7,11,13,17,19,22-23,43,45,49-51,53-56,58-59,61-63H,3-4,6,8-10,12,14-16,18,20-21,24-42,44,46-48H2,1-2H3,(H,57,60)/b7-5-,13-11-,19-17-,23-22-,45-43+. The topological polar surface area (TPSA) is 149 Å². The van der Waals surface area contributed by atoms with Crippen LogP contribution in [0.3, 0.4) is 0 Å². The molecule has 9 heteroatoms. The Morgan fingerprint density at radius 1 is 0.538 bits per heavy atom. The van der Waals surface area contributed by atoms with Gasteiger partial charge in [0.1, 0.15) is 24.4 Å². The highest BCUT2D eigenvalue weighted by molar-refractivity contribution is 5.76. The van der Waals surface area contributed by atoms with E-state index in [1.54, 1.807) is 6.08 Å². The monoisotopic (exact) mass is 916 g/mol. The molecular formula is C56H101NO8. The van der Waals surface area contributed by atoms with Gasteiger partial charge in [0.25, 0.3) is 0 Å². The number of carbonyl (C=O) groups excluding carboxylic acids is 1. The third-order valence-corrected chi connectivity index (χ3v) is 12.6. The number of hydrogen-bond donors (Lipinski definition) is 6. The molecular weight excluding hydrogens is 815 g/mol. The number of rotatable bonds is 45. The van der Waals surface area contributed by atoms with E-state index in [0.29, 0.717) is 6.42 Å². The predicted octanol–water partition coefficient (Wildman–Crippen LogP) is 12.7. The molecule has 1 saturated heterocycles. The summed E-state index contributed by atoms with van der Waals surface area (Å²) < 4.78 is 11.3. The van der Waals surface area contributed by atoms with Crippen LogP contribution in [0.1, 0.15) is 232 Å². The van der Waals surface area contributed by atoms with E-state index in [1.165, 1.54) is 148 Å². The van der Waals surface area contributed by atoms with Crippen LogP contribution in [0.4, 0.5) is 0 Å². The molecule has 0 radical (unpaired) electrons. The molecule has 1 amide bonds. The van der Waals surface area contributed by atoms with Crippen LogP contribution < -0.4 is 5.32 Å². The second kappa shape index (κ2) is 45.7. The number of nitrogens with one attached hydrogen (secondary N) is 1. The van der Waals surface area contributed by atoms with Gasteiger partial charge in [-0.15, -0.1) is 0 Å². The number of ether oxygens (including phenoxy) is 2. The van der Waals surface area contributed by atoms with Gasteiger partial charge in [-0.2, -0.15) is 0 Å². The first-order valence-electron chi connectivity index (χ1n) is 27.0. The summed E-state index contributed by atoms with van der Waals surface area (Å²) in [6.45, 7) is 3.67. The van der Waals surface area contributed by atoms with Crippen molar-refractivity contribution in [2.24, 2.45) is 0 Å². The maximum absolute atomic E-state index is 13.0. The zero-order valence-electron chi connectivity index (χ0n) is 41.7. The molecule has 0 spiro atoms. The largest absolute Gasteiger partial charge is 0.394 e. The van der Waals surface area contributed by atoms with Gasteiger partial charge in [0.15, 0.2) is 6.29 Å². The van der Waals surface area contributed by atoms with E-state index in [4.69, 9.17) is 9.47 Å². The van der Waals surface area contributed by atoms with Crippen molar-refractivity contribution >= 4 is 5.91 Å². The Morgan fingerprint density at radius 3 is 1.42 bits per heavy atom. The lowest BCUT2D eigenvalue weighted by Crippen LogP contribution is -2.60. The van der Waals surface area contributed by atoms with Crippen molar-refractivity contribution in [3.05, 3.63) is 60.8 Å². The van der Waals surface area contributed by atoms with Crippen LogP contribution in [-0.4, -0.2) is 87.5 Å². The molecule has 7 unspecified atom stereocenters. The third-order valence-electron chi connectivity index (χ3n) is 12.6. The molecule has 9 nitrogen and oxygen atoms in total. The maximum atomic E-state index is 13.0. The van der Waals surface area contributed by atoms with Gasteiger partial charge in [-0.3, -0.25) is 4.79 Å². The van der Waals surface area contributed by atoms with Gasteiger partial charge in [0.05, 0.1) is 25.4 Å². The van der Waals surface area contributed by atoms with E-state index < -0.39 is 49.5 Å². The third kappa shape index (κ3) is 35.7. The van der Waals surface area contributed by atoms with Crippen LogP contribution >= 0.6 is 0 Å². The molecule has 1 heterocycles. The minimum absolute atomic E-state index is 0.180. The molecule has 0 saturated carbocycles. The first kappa shape index (κ1) is 60.9. The number of hydrogen-bond acceptors (Lipinski definition) is 8. The minimum atomic E-state index is -1.57. The molecule has 65 heavy (non-hydrogen) atoms. The molecule has 1 fully saturated rings. The highest BCUT2D eigenvalue weighted by Gasteiger charge is 2.44. The van der Waals surface area contributed by atoms with Crippen molar-refractivity contribution in [2.75, 3.05) is 13.2 Å². The second-order valence-corrected chi connectivity index (χ2v) is 18.6. The van der Waals surface area contributed by atoms with Crippen molar-refractivity contribution in [1.82, 2.24) is 5.32 Å². The number of amides is 1. The summed E-state index contributed by atoms with van der Waals surface area (Å²) in [6, 6.07) is -0.808. The smallest absolute Gasteiger partial charge is 0.220 e. The quantitative estimate of drug-likeness (QED) is 0.0261. The van der Waals surface area contributed by atoms with Crippen molar-refractivity contribution in [3.63, 3.8) is 0 Å². The van der Waals surface area contributed by atoms with E-state index in [-0.39, 0.29) is 12.5 Å². The Kier molecular flexibility index (Phi) is 42.8. The molecule has 0 bridgehead atoms.